The maximum Gasteiger partial charge on any atom is 0.267 e. The van der Waals surface area contributed by atoms with Crippen LogP contribution >= 0.6 is 11.6 Å². The molecule has 0 bridgehead atoms. The maximum absolute atomic E-state index is 13.3. The molecule has 168 valence electrons. The van der Waals surface area contributed by atoms with Gasteiger partial charge < -0.3 is 14.6 Å². The van der Waals surface area contributed by atoms with Crippen LogP contribution in [0.3, 0.4) is 0 Å². The Balaban J connectivity index is 1.68. The van der Waals surface area contributed by atoms with Gasteiger partial charge in [-0.25, -0.2) is 4.98 Å². The first-order chi connectivity index (χ1) is 16.0. The molecule has 1 amide bonds. The van der Waals surface area contributed by atoms with Crippen molar-refractivity contribution in [3.63, 3.8) is 0 Å². The number of hydrogen-bond acceptors (Lipinski definition) is 5. The fourth-order valence-corrected chi connectivity index (χ4v) is 4.31. The summed E-state index contributed by atoms with van der Waals surface area (Å²) in [4.78, 5) is 31.0. The molecule has 1 fully saturated rings. The third-order valence-electron chi connectivity index (χ3n) is 5.86. The molecule has 1 aromatic carbocycles. The quantitative estimate of drug-likeness (QED) is 0.444. The first-order valence-electron chi connectivity index (χ1n) is 10.8. The maximum atomic E-state index is 13.3. The molecule has 0 unspecified atom stereocenters. The van der Waals surface area contributed by atoms with E-state index in [-0.39, 0.29) is 34.6 Å². The highest BCUT2D eigenvalue weighted by atomic mass is 35.5. The van der Waals surface area contributed by atoms with Crippen LogP contribution in [0.4, 0.5) is 0 Å². The molecule has 0 aliphatic carbocycles. The lowest BCUT2D eigenvalue weighted by Gasteiger charge is -2.16. The van der Waals surface area contributed by atoms with E-state index >= 15 is 0 Å². The number of carbonyl (C=O) groups excluding carboxylic acids is 1. The molecule has 1 atom stereocenters. The molecule has 2 N–H and O–H groups in total. The van der Waals surface area contributed by atoms with E-state index in [1.54, 1.807) is 35.0 Å². The number of hydrogen-bond donors (Lipinski definition) is 2. The summed E-state index contributed by atoms with van der Waals surface area (Å²) in [5.41, 5.74) is 1.29. The Morgan fingerprint density at radius 2 is 2.06 bits per heavy atom. The van der Waals surface area contributed by atoms with Gasteiger partial charge in [0.15, 0.2) is 0 Å². The molecule has 3 aromatic heterocycles. The smallest absolute Gasteiger partial charge is 0.267 e. The van der Waals surface area contributed by atoms with Crippen molar-refractivity contribution < 1.29 is 9.53 Å². The number of amides is 1. The van der Waals surface area contributed by atoms with E-state index in [1.807, 2.05) is 18.2 Å². The monoisotopic (exact) mass is 463 g/mol. The van der Waals surface area contributed by atoms with Crippen LogP contribution in [0.5, 0.6) is 0 Å². The van der Waals surface area contributed by atoms with Crippen LogP contribution in [0, 0.1) is 5.41 Å². The molecule has 4 aromatic rings. The van der Waals surface area contributed by atoms with E-state index in [1.165, 1.54) is 10.5 Å². The summed E-state index contributed by atoms with van der Waals surface area (Å²) in [6.45, 7) is 1.24. The number of fused-ring (bicyclic) bond motifs is 2. The van der Waals surface area contributed by atoms with Crippen molar-refractivity contribution in [3.05, 3.63) is 86.7 Å². The average molecular weight is 464 g/mol. The summed E-state index contributed by atoms with van der Waals surface area (Å²) in [6.07, 6.45) is 3.45. The van der Waals surface area contributed by atoms with Gasteiger partial charge in [0.1, 0.15) is 16.8 Å². The number of benzene rings is 1. The van der Waals surface area contributed by atoms with Gasteiger partial charge in [-0.05, 0) is 42.7 Å². The number of halogens is 1. The van der Waals surface area contributed by atoms with Gasteiger partial charge in [-0.3, -0.25) is 19.4 Å². The van der Waals surface area contributed by atoms with Crippen molar-refractivity contribution in [3.8, 4) is 0 Å². The molecular weight excluding hydrogens is 442 g/mol. The molecule has 33 heavy (non-hydrogen) atoms. The standard InChI is InChI=1S/C24H22ClN5O3/c25-19-8-2-1-6-15(19)14-30-21(26)17(23(31)27-13-16-7-5-11-33-16)12-18-22(30)28-20-9-3-4-10-29(20)24(18)32/h1-4,6,8-10,12,16,26H,5,7,11,13-14H2,(H,27,31)/t16-/m1/s1. The largest absolute Gasteiger partial charge is 0.376 e. The van der Waals surface area contributed by atoms with E-state index in [2.05, 4.69) is 10.3 Å². The van der Waals surface area contributed by atoms with Crippen molar-refractivity contribution in [2.45, 2.75) is 25.5 Å². The summed E-state index contributed by atoms with van der Waals surface area (Å²) < 4.78 is 8.57. The Labute approximate surface area is 193 Å². The SMILES string of the molecule is N=c1c(C(=O)NC[C@H]2CCCO2)cc2c(=O)n3ccccc3nc2n1Cc1ccccc1Cl. The van der Waals surface area contributed by atoms with Crippen LogP contribution in [-0.2, 0) is 11.3 Å². The van der Waals surface area contributed by atoms with Crippen LogP contribution in [0.15, 0.2) is 59.5 Å². The van der Waals surface area contributed by atoms with Crippen LogP contribution in [0.2, 0.25) is 5.02 Å². The predicted octanol–water partition coefficient (Wildman–Crippen LogP) is 2.74. The number of aromatic nitrogens is 3. The number of pyridine rings is 2. The Morgan fingerprint density at radius 3 is 2.85 bits per heavy atom. The van der Waals surface area contributed by atoms with E-state index in [4.69, 9.17) is 21.7 Å². The Bertz CT molecular complexity index is 1490. The third kappa shape index (κ3) is 4.03. The fourth-order valence-electron chi connectivity index (χ4n) is 4.12. The summed E-state index contributed by atoms with van der Waals surface area (Å²) in [6, 6.07) is 14.0. The highest BCUT2D eigenvalue weighted by Crippen LogP contribution is 2.18. The minimum atomic E-state index is -0.428. The van der Waals surface area contributed by atoms with Gasteiger partial charge in [-0.15, -0.1) is 0 Å². The van der Waals surface area contributed by atoms with Gasteiger partial charge in [0, 0.05) is 24.4 Å². The van der Waals surface area contributed by atoms with Gasteiger partial charge in [-0.1, -0.05) is 35.9 Å². The lowest BCUT2D eigenvalue weighted by atomic mass is 10.1. The number of nitrogens with zero attached hydrogens (tertiary/aromatic N) is 3. The molecule has 9 heteroatoms. The second-order valence-electron chi connectivity index (χ2n) is 8.01. The van der Waals surface area contributed by atoms with E-state index in [0.29, 0.717) is 29.5 Å². The van der Waals surface area contributed by atoms with Gasteiger partial charge in [0.2, 0.25) is 0 Å². The minimum Gasteiger partial charge on any atom is -0.376 e. The highest BCUT2D eigenvalue weighted by Gasteiger charge is 2.20. The average Bonchev–Trinajstić information content (AvgIpc) is 3.34. The first-order valence-corrected chi connectivity index (χ1v) is 11.1. The van der Waals surface area contributed by atoms with Crippen molar-refractivity contribution in [1.82, 2.24) is 19.3 Å². The zero-order chi connectivity index (χ0) is 22.9. The summed E-state index contributed by atoms with van der Waals surface area (Å²) in [5, 5.41) is 12.5. The molecule has 1 saturated heterocycles. The topological polar surface area (TPSA) is 101 Å². The predicted molar refractivity (Wildman–Crippen MR) is 125 cm³/mol. The van der Waals surface area contributed by atoms with Crippen LogP contribution in [0.1, 0.15) is 28.8 Å². The number of ether oxygens (including phenoxy) is 1. The highest BCUT2D eigenvalue weighted by molar-refractivity contribution is 6.31. The van der Waals surface area contributed by atoms with E-state index in [0.717, 1.165) is 18.4 Å². The van der Waals surface area contributed by atoms with Crippen molar-refractivity contribution >= 4 is 34.2 Å². The van der Waals surface area contributed by atoms with Gasteiger partial charge in [-0.2, -0.15) is 0 Å². The molecule has 1 aliphatic heterocycles. The summed E-state index contributed by atoms with van der Waals surface area (Å²) in [5.74, 6) is -0.428. The van der Waals surface area contributed by atoms with Gasteiger partial charge in [0.25, 0.3) is 11.5 Å². The van der Waals surface area contributed by atoms with E-state index < -0.39 is 5.91 Å². The minimum absolute atomic E-state index is 0.0323. The van der Waals surface area contributed by atoms with Crippen LogP contribution < -0.4 is 16.4 Å². The second-order valence-corrected chi connectivity index (χ2v) is 8.42. The molecule has 4 heterocycles. The molecule has 1 aliphatic rings. The summed E-state index contributed by atoms with van der Waals surface area (Å²) in [7, 11) is 0. The third-order valence-corrected chi connectivity index (χ3v) is 6.23. The van der Waals surface area contributed by atoms with Crippen LogP contribution in [0.25, 0.3) is 16.7 Å². The lowest BCUT2D eigenvalue weighted by molar-refractivity contribution is 0.0856. The lowest BCUT2D eigenvalue weighted by Crippen LogP contribution is -2.38. The van der Waals surface area contributed by atoms with Crippen molar-refractivity contribution in [2.24, 2.45) is 0 Å². The molecular formula is C24H22ClN5O3. The second kappa shape index (κ2) is 8.80. The van der Waals surface area contributed by atoms with Crippen LogP contribution in [-0.4, -0.2) is 39.1 Å². The van der Waals surface area contributed by atoms with Crippen molar-refractivity contribution in [1.29, 1.82) is 5.41 Å². The van der Waals surface area contributed by atoms with Gasteiger partial charge >= 0.3 is 0 Å². The zero-order valence-electron chi connectivity index (χ0n) is 17.8. The number of rotatable bonds is 5. The van der Waals surface area contributed by atoms with Gasteiger partial charge in [0.05, 0.1) is 23.6 Å². The molecule has 0 radical (unpaired) electrons. The molecule has 0 spiro atoms. The fraction of sp³-hybridized carbons (Fsp3) is 0.250. The Kier molecular flexibility index (Phi) is 5.70. The normalized spacial score (nSPS) is 15.8. The van der Waals surface area contributed by atoms with E-state index in [9.17, 15) is 9.59 Å². The first kappa shape index (κ1) is 21.4. The Hall–Kier alpha value is -3.49. The molecule has 5 rings (SSSR count). The van der Waals surface area contributed by atoms with Crippen molar-refractivity contribution in [2.75, 3.05) is 13.2 Å². The number of nitrogens with one attached hydrogen (secondary N) is 2. The zero-order valence-corrected chi connectivity index (χ0v) is 18.5. The Morgan fingerprint density at radius 1 is 1.24 bits per heavy atom. The molecule has 8 nitrogen and oxygen atoms in total. The molecule has 0 saturated carbocycles. The summed E-state index contributed by atoms with van der Waals surface area (Å²) >= 11 is 6.37. The number of carbonyl (C=O) groups is 1.